The first-order chi connectivity index (χ1) is 7.49. The van der Waals surface area contributed by atoms with Crippen LogP contribution in [0.4, 0.5) is 5.69 Å². The maximum Gasteiger partial charge on any atom is 0.159 e. The second-order valence-electron chi connectivity index (χ2n) is 3.56. The minimum Gasteiger partial charge on any atom is -0.504 e. The number of hydrogen-bond donors (Lipinski definition) is 2. The van der Waals surface area contributed by atoms with E-state index in [0.717, 1.165) is 20.5 Å². The second kappa shape index (κ2) is 3.99. The number of hydrogen-bond acceptors (Lipinski definition) is 5. The monoisotopic (exact) mass is 253 g/mol. The number of thioether (sulfide) groups is 1. The molecule has 0 fully saturated rings. The molecule has 84 valence electrons. The SMILES string of the molecule is CC(=S)/C=C1\Sc2cc(O)c(O)cc2N1C. The average molecular weight is 253 g/mol. The summed E-state index contributed by atoms with van der Waals surface area (Å²) >= 11 is 6.56. The average Bonchev–Trinajstić information content (AvgIpc) is 2.45. The summed E-state index contributed by atoms with van der Waals surface area (Å²) < 4.78 is 0. The van der Waals surface area contributed by atoms with Crippen molar-refractivity contribution in [2.24, 2.45) is 0 Å². The lowest BCUT2D eigenvalue weighted by Gasteiger charge is -2.13. The number of phenols is 2. The highest BCUT2D eigenvalue weighted by Crippen LogP contribution is 2.48. The standard InChI is InChI=1S/C11H11NO2S2/c1-6(15)3-11-12(2)7-4-8(13)9(14)5-10(7)16-11/h3-5,13-14H,1-2H3/b11-3-. The molecule has 1 aromatic carbocycles. The molecule has 5 heteroatoms. The summed E-state index contributed by atoms with van der Waals surface area (Å²) in [7, 11) is 1.90. The van der Waals surface area contributed by atoms with E-state index in [0.29, 0.717) is 0 Å². The van der Waals surface area contributed by atoms with Gasteiger partial charge in [-0.05, 0) is 19.1 Å². The second-order valence-corrected chi connectivity index (χ2v) is 5.27. The highest BCUT2D eigenvalue weighted by Gasteiger charge is 2.23. The van der Waals surface area contributed by atoms with Gasteiger partial charge >= 0.3 is 0 Å². The van der Waals surface area contributed by atoms with Crippen LogP contribution < -0.4 is 4.90 Å². The molecule has 1 aliphatic rings. The Hall–Kier alpha value is -1.20. The van der Waals surface area contributed by atoms with Crippen LogP contribution in [0, 0.1) is 0 Å². The van der Waals surface area contributed by atoms with Crippen LogP contribution in [0.2, 0.25) is 0 Å². The van der Waals surface area contributed by atoms with Crippen LogP contribution in [-0.2, 0) is 0 Å². The lowest BCUT2D eigenvalue weighted by Crippen LogP contribution is -2.10. The topological polar surface area (TPSA) is 43.7 Å². The molecule has 0 unspecified atom stereocenters. The number of thiocarbonyl (C=S) groups is 1. The summed E-state index contributed by atoms with van der Waals surface area (Å²) in [5.74, 6) is -0.202. The molecule has 1 aromatic rings. The predicted molar refractivity (Wildman–Crippen MR) is 70.4 cm³/mol. The number of aromatic hydroxyl groups is 2. The van der Waals surface area contributed by atoms with E-state index >= 15 is 0 Å². The van der Waals surface area contributed by atoms with E-state index in [1.807, 2.05) is 24.9 Å². The van der Waals surface area contributed by atoms with Crippen molar-refractivity contribution in [3.63, 3.8) is 0 Å². The maximum atomic E-state index is 9.44. The molecule has 0 radical (unpaired) electrons. The van der Waals surface area contributed by atoms with Crippen molar-refractivity contribution in [1.29, 1.82) is 0 Å². The Morgan fingerprint density at radius 3 is 2.62 bits per heavy atom. The molecule has 1 heterocycles. The van der Waals surface area contributed by atoms with Crippen molar-refractivity contribution >= 4 is 34.5 Å². The molecule has 0 saturated carbocycles. The molecule has 3 nitrogen and oxygen atoms in total. The first-order valence-electron chi connectivity index (χ1n) is 4.69. The van der Waals surface area contributed by atoms with Crippen molar-refractivity contribution < 1.29 is 10.2 Å². The van der Waals surface area contributed by atoms with Gasteiger partial charge in [-0.3, -0.25) is 0 Å². The molecule has 0 bridgehead atoms. The third-order valence-corrected chi connectivity index (χ3v) is 3.55. The Kier molecular flexibility index (Phi) is 2.82. The van der Waals surface area contributed by atoms with E-state index < -0.39 is 0 Å². The van der Waals surface area contributed by atoms with Crippen LogP contribution in [0.5, 0.6) is 11.5 Å². The Labute approximate surface area is 103 Å². The molecule has 0 amide bonds. The molecular formula is C11H11NO2S2. The van der Waals surface area contributed by atoms with Crippen LogP contribution in [-0.4, -0.2) is 22.1 Å². The summed E-state index contributed by atoms with van der Waals surface area (Å²) in [5, 5.41) is 19.8. The normalized spacial score (nSPS) is 16.6. The molecule has 0 aliphatic carbocycles. The van der Waals surface area contributed by atoms with Gasteiger partial charge in [0.1, 0.15) is 0 Å². The van der Waals surface area contributed by atoms with Gasteiger partial charge in [-0.1, -0.05) is 24.0 Å². The first-order valence-corrected chi connectivity index (χ1v) is 5.91. The van der Waals surface area contributed by atoms with E-state index in [2.05, 4.69) is 0 Å². The Bertz CT molecular complexity index is 497. The Morgan fingerprint density at radius 1 is 1.38 bits per heavy atom. The van der Waals surface area contributed by atoms with Gasteiger partial charge < -0.3 is 15.1 Å². The number of anilines is 1. The third-order valence-electron chi connectivity index (χ3n) is 2.29. The van der Waals surface area contributed by atoms with E-state index in [9.17, 15) is 10.2 Å². The van der Waals surface area contributed by atoms with Crippen molar-refractivity contribution in [3.05, 3.63) is 23.2 Å². The molecule has 0 spiro atoms. The van der Waals surface area contributed by atoms with Crippen LogP contribution >= 0.6 is 24.0 Å². The van der Waals surface area contributed by atoms with E-state index in [1.165, 1.54) is 11.8 Å². The molecule has 2 rings (SSSR count). The molecule has 1 aliphatic heterocycles. The summed E-state index contributed by atoms with van der Waals surface area (Å²) in [6.45, 7) is 1.86. The fourth-order valence-electron chi connectivity index (χ4n) is 1.49. The minimum absolute atomic E-state index is 0.0972. The fourth-order valence-corrected chi connectivity index (χ4v) is 2.84. The number of allylic oxidation sites excluding steroid dienone is 1. The predicted octanol–water partition coefficient (Wildman–Crippen LogP) is 2.87. The van der Waals surface area contributed by atoms with Crippen molar-refractivity contribution in [3.8, 4) is 11.5 Å². The molecule has 16 heavy (non-hydrogen) atoms. The summed E-state index contributed by atoms with van der Waals surface area (Å²) in [6, 6.07) is 3.11. The van der Waals surface area contributed by atoms with Gasteiger partial charge in [-0.25, -0.2) is 0 Å². The molecule has 0 saturated heterocycles. The Balaban J connectivity index is 2.46. The third kappa shape index (κ3) is 1.88. The van der Waals surface area contributed by atoms with Gasteiger partial charge in [0.2, 0.25) is 0 Å². The highest BCUT2D eigenvalue weighted by molar-refractivity contribution is 8.03. The number of benzene rings is 1. The van der Waals surface area contributed by atoms with Gasteiger partial charge in [0.05, 0.1) is 10.7 Å². The van der Waals surface area contributed by atoms with Crippen molar-refractivity contribution in [2.75, 3.05) is 11.9 Å². The zero-order valence-corrected chi connectivity index (χ0v) is 10.5. The summed E-state index contributed by atoms with van der Waals surface area (Å²) in [4.78, 5) is 3.66. The van der Waals surface area contributed by atoms with Crippen LogP contribution in [0.15, 0.2) is 28.1 Å². The van der Waals surface area contributed by atoms with Gasteiger partial charge in [-0.15, -0.1) is 0 Å². The Morgan fingerprint density at radius 2 is 2.00 bits per heavy atom. The molecule has 0 aromatic heterocycles. The zero-order chi connectivity index (χ0) is 11.9. The summed E-state index contributed by atoms with van der Waals surface area (Å²) in [5.41, 5.74) is 0.878. The molecule has 0 atom stereocenters. The van der Waals surface area contributed by atoms with Crippen molar-refractivity contribution in [1.82, 2.24) is 0 Å². The van der Waals surface area contributed by atoms with E-state index in [4.69, 9.17) is 12.2 Å². The number of nitrogens with zero attached hydrogens (tertiary/aromatic N) is 1. The van der Waals surface area contributed by atoms with Crippen LogP contribution in [0.25, 0.3) is 0 Å². The van der Waals surface area contributed by atoms with Gasteiger partial charge in [0.25, 0.3) is 0 Å². The maximum absolute atomic E-state index is 9.44. The lowest BCUT2D eigenvalue weighted by molar-refractivity contribution is 0.403. The van der Waals surface area contributed by atoms with Crippen molar-refractivity contribution in [2.45, 2.75) is 11.8 Å². The first kappa shape index (κ1) is 11.3. The quantitative estimate of drug-likeness (QED) is 0.458. The zero-order valence-electron chi connectivity index (χ0n) is 8.89. The number of rotatable bonds is 1. The lowest BCUT2D eigenvalue weighted by atomic mass is 10.2. The minimum atomic E-state index is -0.105. The van der Waals surface area contributed by atoms with Gasteiger partial charge in [-0.2, -0.15) is 0 Å². The van der Waals surface area contributed by atoms with Crippen LogP contribution in [0.1, 0.15) is 6.92 Å². The van der Waals surface area contributed by atoms with Gasteiger partial charge in [0, 0.05) is 22.9 Å². The van der Waals surface area contributed by atoms with Gasteiger partial charge in [0.15, 0.2) is 11.5 Å². The molecular weight excluding hydrogens is 242 g/mol. The van der Waals surface area contributed by atoms with Crippen LogP contribution in [0.3, 0.4) is 0 Å². The highest BCUT2D eigenvalue weighted by atomic mass is 32.2. The largest absolute Gasteiger partial charge is 0.504 e. The number of fused-ring (bicyclic) bond motifs is 1. The smallest absolute Gasteiger partial charge is 0.159 e. The number of phenolic OH excluding ortho intramolecular Hbond substituents is 2. The van der Waals surface area contributed by atoms with E-state index in [-0.39, 0.29) is 11.5 Å². The van der Waals surface area contributed by atoms with E-state index in [1.54, 1.807) is 12.1 Å². The fraction of sp³-hybridized carbons (Fsp3) is 0.182. The summed E-state index contributed by atoms with van der Waals surface area (Å²) in [6.07, 6.45) is 1.90. The molecule has 2 N–H and O–H groups in total.